The second kappa shape index (κ2) is 5.82. The molecule has 0 amide bonds. The molecule has 1 saturated carbocycles. The zero-order valence-electron chi connectivity index (χ0n) is 12.8. The molecule has 1 aromatic rings. The summed E-state index contributed by atoms with van der Waals surface area (Å²) in [5, 5.41) is 8.15. The van der Waals surface area contributed by atoms with Crippen LogP contribution in [-0.2, 0) is 6.54 Å². The highest BCUT2D eigenvalue weighted by Crippen LogP contribution is 2.30. The molecule has 5 nitrogen and oxygen atoms in total. The van der Waals surface area contributed by atoms with Gasteiger partial charge in [0, 0.05) is 31.2 Å². The van der Waals surface area contributed by atoms with Crippen molar-refractivity contribution < 1.29 is 0 Å². The normalized spacial score (nSPS) is 23.6. The van der Waals surface area contributed by atoms with E-state index in [0.717, 1.165) is 32.0 Å². The summed E-state index contributed by atoms with van der Waals surface area (Å²) in [6.45, 7) is 8.65. The van der Waals surface area contributed by atoms with E-state index in [1.165, 1.54) is 32.1 Å². The second-order valence-electron chi connectivity index (χ2n) is 6.69. The van der Waals surface area contributed by atoms with Gasteiger partial charge >= 0.3 is 0 Å². The highest BCUT2D eigenvalue weighted by Gasteiger charge is 2.36. The van der Waals surface area contributed by atoms with Crippen LogP contribution in [-0.4, -0.2) is 44.8 Å². The number of piperazine rings is 1. The van der Waals surface area contributed by atoms with Crippen LogP contribution in [0.2, 0.25) is 0 Å². The van der Waals surface area contributed by atoms with E-state index in [4.69, 9.17) is 0 Å². The van der Waals surface area contributed by atoms with Crippen molar-refractivity contribution in [1.29, 1.82) is 0 Å². The highest BCUT2D eigenvalue weighted by molar-refractivity contribution is 4.98. The quantitative estimate of drug-likeness (QED) is 0.917. The van der Waals surface area contributed by atoms with Gasteiger partial charge in [0.05, 0.1) is 6.54 Å². The van der Waals surface area contributed by atoms with Crippen LogP contribution in [0.4, 0.5) is 0 Å². The van der Waals surface area contributed by atoms with Gasteiger partial charge in [-0.25, -0.2) is 9.67 Å². The number of nitrogens with zero attached hydrogens (tertiary/aromatic N) is 4. The summed E-state index contributed by atoms with van der Waals surface area (Å²) in [4.78, 5) is 7.02. The van der Waals surface area contributed by atoms with Crippen molar-refractivity contribution in [3.63, 3.8) is 0 Å². The van der Waals surface area contributed by atoms with Crippen LogP contribution in [0.3, 0.4) is 0 Å². The summed E-state index contributed by atoms with van der Waals surface area (Å²) < 4.78 is 2.05. The van der Waals surface area contributed by atoms with Gasteiger partial charge in [0.1, 0.15) is 12.2 Å². The molecule has 2 fully saturated rings. The first-order valence-corrected chi connectivity index (χ1v) is 8.04. The predicted octanol–water partition coefficient (Wildman–Crippen LogP) is 1.97. The monoisotopic (exact) mass is 277 g/mol. The van der Waals surface area contributed by atoms with Crippen LogP contribution in [0, 0.1) is 0 Å². The van der Waals surface area contributed by atoms with E-state index in [-0.39, 0.29) is 0 Å². The van der Waals surface area contributed by atoms with E-state index in [2.05, 4.69) is 38.8 Å². The largest absolute Gasteiger partial charge is 0.309 e. The van der Waals surface area contributed by atoms with E-state index in [9.17, 15) is 0 Å². The Hall–Kier alpha value is -0.940. The summed E-state index contributed by atoms with van der Waals surface area (Å²) in [6.07, 6.45) is 8.52. The van der Waals surface area contributed by atoms with E-state index in [0.29, 0.717) is 11.6 Å². The molecule has 0 radical (unpaired) electrons. The molecule has 1 aromatic heterocycles. The molecule has 1 saturated heterocycles. The smallest absolute Gasteiger partial charge is 0.141 e. The Balaban J connectivity index is 1.66. The van der Waals surface area contributed by atoms with Gasteiger partial charge < -0.3 is 5.32 Å². The molecule has 20 heavy (non-hydrogen) atoms. The lowest BCUT2D eigenvalue weighted by atomic mass is 9.80. The zero-order valence-corrected chi connectivity index (χ0v) is 12.8. The molecule has 5 heteroatoms. The molecule has 0 atom stereocenters. The standard InChI is InChI=1S/C15H27N5/c1-13(2)20-14(16-12-18-20)10-19-9-8-17-15(11-19)6-4-3-5-7-15/h12-13,17H,3-11H2,1-2H3. The molecule has 1 spiro atoms. The summed E-state index contributed by atoms with van der Waals surface area (Å²) >= 11 is 0. The fraction of sp³-hybridized carbons (Fsp3) is 0.867. The summed E-state index contributed by atoms with van der Waals surface area (Å²) in [7, 11) is 0. The molecule has 1 aliphatic heterocycles. The van der Waals surface area contributed by atoms with Gasteiger partial charge in [-0.1, -0.05) is 19.3 Å². The van der Waals surface area contributed by atoms with Gasteiger partial charge in [-0.3, -0.25) is 4.90 Å². The molecule has 2 aliphatic rings. The molecule has 3 rings (SSSR count). The number of hydrogen-bond donors (Lipinski definition) is 1. The van der Waals surface area contributed by atoms with Gasteiger partial charge in [0.2, 0.25) is 0 Å². The number of hydrogen-bond acceptors (Lipinski definition) is 4. The van der Waals surface area contributed by atoms with Crippen LogP contribution in [0.5, 0.6) is 0 Å². The van der Waals surface area contributed by atoms with Crippen molar-refractivity contribution in [2.75, 3.05) is 19.6 Å². The highest BCUT2D eigenvalue weighted by atomic mass is 15.4. The Kier molecular flexibility index (Phi) is 4.08. The third kappa shape index (κ3) is 2.88. The van der Waals surface area contributed by atoms with Crippen LogP contribution in [0.15, 0.2) is 6.33 Å². The average Bonchev–Trinajstić information content (AvgIpc) is 2.88. The lowest BCUT2D eigenvalue weighted by Gasteiger charge is -2.46. The third-order valence-electron chi connectivity index (χ3n) is 4.77. The SMILES string of the molecule is CC(C)n1ncnc1CN1CCNC2(CCCCC2)C1. The van der Waals surface area contributed by atoms with Crippen LogP contribution >= 0.6 is 0 Å². The van der Waals surface area contributed by atoms with E-state index in [1.54, 1.807) is 6.33 Å². The molecular weight excluding hydrogens is 250 g/mol. The second-order valence-corrected chi connectivity index (χ2v) is 6.69. The van der Waals surface area contributed by atoms with Gasteiger partial charge in [0.25, 0.3) is 0 Å². The minimum absolute atomic E-state index is 0.374. The van der Waals surface area contributed by atoms with Gasteiger partial charge in [0.15, 0.2) is 0 Å². The number of rotatable bonds is 3. The average molecular weight is 277 g/mol. The fourth-order valence-electron chi connectivity index (χ4n) is 3.76. The predicted molar refractivity (Wildman–Crippen MR) is 79.5 cm³/mol. The third-order valence-corrected chi connectivity index (χ3v) is 4.77. The summed E-state index contributed by atoms with van der Waals surface area (Å²) in [5.41, 5.74) is 0.374. The minimum atomic E-state index is 0.374. The van der Waals surface area contributed by atoms with Crippen LogP contribution in [0.25, 0.3) is 0 Å². The Labute approximate surface area is 121 Å². The summed E-state index contributed by atoms with van der Waals surface area (Å²) in [6, 6.07) is 0.388. The maximum atomic E-state index is 4.45. The first-order chi connectivity index (χ1) is 9.69. The molecule has 112 valence electrons. The molecule has 0 aromatic carbocycles. The van der Waals surface area contributed by atoms with Crippen molar-refractivity contribution in [3.8, 4) is 0 Å². The zero-order chi connectivity index (χ0) is 14.0. The summed E-state index contributed by atoms with van der Waals surface area (Å²) in [5.74, 6) is 1.10. The molecule has 1 N–H and O–H groups in total. The van der Waals surface area contributed by atoms with Crippen LogP contribution in [0.1, 0.15) is 57.8 Å². The molecule has 2 heterocycles. The maximum Gasteiger partial charge on any atom is 0.141 e. The fourth-order valence-corrected chi connectivity index (χ4v) is 3.76. The first-order valence-electron chi connectivity index (χ1n) is 8.04. The first kappa shape index (κ1) is 14.0. The Morgan fingerprint density at radius 1 is 1.30 bits per heavy atom. The van der Waals surface area contributed by atoms with Crippen molar-refractivity contribution in [2.24, 2.45) is 0 Å². The Morgan fingerprint density at radius 3 is 2.85 bits per heavy atom. The lowest BCUT2D eigenvalue weighted by molar-refractivity contribution is 0.0912. The van der Waals surface area contributed by atoms with E-state index >= 15 is 0 Å². The maximum absolute atomic E-state index is 4.45. The number of nitrogens with one attached hydrogen (secondary N) is 1. The number of aromatic nitrogens is 3. The lowest BCUT2D eigenvalue weighted by Crippen LogP contribution is -2.60. The van der Waals surface area contributed by atoms with E-state index in [1.807, 2.05) is 0 Å². The topological polar surface area (TPSA) is 46.0 Å². The molecular formula is C15H27N5. The molecule has 0 bridgehead atoms. The van der Waals surface area contributed by atoms with Gasteiger partial charge in [-0.15, -0.1) is 0 Å². The van der Waals surface area contributed by atoms with E-state index < -0.39 is 0 Å². The van der Waals surface area contributed by atoms with Crippen molar-refractivity contribution in [2.45, 2.75) is 64.1 Å². The molecule has 0 unspecified atom stereocenters. The van der Waals surface area contributed by atoms with Gasteiger partial charge in [-0.05, 0) is 26.7 Å². The minimum Gasteiger partial charge on any atom is -0.309 e. The van der Waals surface area contributed by atoms with Crippen molar-refractivity contribution in [1.82, 2.24) is 25.0 Å². The van der Waals surface area contributed by atoms with Crippen molar-refractivity contribution in [3.05, 3.63) is 12.2 Å². The molecule has 1 aliphatic carbocycles. The van der Waals surface area contributed by atoms with Gasteiger partial charge in [-0.2, -0.15) is 5.10 Å². The Morgan fingerprint density at radius 2 is 2.10 bits per heavy atom. The van der Waals surface area contributed by atoms with Crippen molar-refractivity contribution >= 4 is 0 Å². The Bertz CT molecular complexity index is 428. The van der Waals surface area contributed by atoms with Crippen LogP contribution < -0.4 is 5.32 Å².